The van der Waals surface area contributed by atoms with Crippen molar-refractivity contribution in [3.05, 3.63) is 106 Å². The zero-order valence-electron chi connectivity index (χ0n) is 29.3. The first-order valence-electron chi connectivity index (χ1n) is 17.8. The summed E-state index contributed by atoms with van der Waals surface area (Å²) < 4.78 is 5.50. The summed E-state index contributed by atoms with van der Waals surface area (Å²) in [5.74, 6) is -0.601. The highest BCUT2D eigenvalue weighted by Gasteiger charge is 2.33. The normalized spacial score (nSPS) is 13.9. The fourth-order valence-electron chi connectivity index (χ4n) is 5.93. The Morgan fingerprint density at radius 2 is 1.66 bits per heavy atom. The number of hydrogen-bond donors (Lipinski definition) is 5. The van der Waals surface area contributed by atoms with Gasteiger partial charge in [0.25, 0.3) is 23.6 Å². The van der Waals surface area contributed by atoms with Crippen molar-refractivity contribution >= 4 is 52.2 Å². The molecule has 53 heavy (non-hydrogen) atoms. The lowest BCUT2D eigenvalue weighted by Crippen LogP contribution is -2.42. The summed E-state index contributed by atoms with van der Waals surface area (Å²) in [6.07, 6.45) is 5.70. The first-order chi connectivity index (χ1) is 25.7. The van der Waals surface area contributed by atoms with Crippen molar-refractivity contribution in [1.29, 1.82) is 0 Å². The molecule has 6 rings (SSSR count). The van der Waals surface area contributed by atoms with Crippen LogP contribution in [0.5, 0.6) is 5.75 Å². The molecule has 3 aromatic carbocycles. The number of thiazole rings is 1. The van der Waals surface area contributed by atoms with Crippen LogP contribution in [-0.4, -0.2) is 71.2 Å². The number of aromatic nitrogens is 1. The van der Waals surface area contributed by atoms with E-state index in [0.29, 0.717) is 59.9 Å². The minimum absolute atomic E-state index is 0.0863. The Bertz CT molecular complexity index is 1930. The fourth-order valence-corrected chi connectivity index (χ4v) is 6.50. The third kappa shape index (κ3) is 10.5. The van der Waals surface area contributed by atoms with E-state index in [-0.39, 0.29) is 42.2 Å². The molecule has 2 heterocycles. The van der Waals surface area contributed by atoms with Crippen molar-refractivity contribution in [1.82, 2.24) is 20.5 Å². The molecule has 0 spiro atoms. The van der Waals surface area contributed by atoms with Gasteiger partial charge in [-0.25, -0.2) is 4.98 Å². The Balaban J connectivity index is 0.912. The summed E-state index contributed by atoms with van der Waals surface area (Å²) in [6, 6.07) is 18.5. The van der Waals surface area contributed by atoms with E-state index in [2.05, 4.69) is 26.3 Å². The molecular formula is C39H43N7O6S. The van der Waals surface area contributed by atoms with Crippen molar-refractivity contribution < 1.29 is 28.7 Å². The average Bonchev–Trinajstić information content (AvgIpc) is 3.89. The lowest BCUT2D eigenvalue weighted by Gasteiger charge is -2.24. The van der Waals surface area contributed by atoms with Crippen molar-refractivity contribution in [2.75, 3.05) is 30.3 Å². The second kappa shape index (κ2) is 17.8. The molecule has 14 heteroatoms. The minimum atomic E-state index is -0.614. The second-order valence-electron chi connectivity index (χ2n) is 13.2. The maximum Gasteiger partial charge on any atom is 0.262 e. The fraction of sp³-hybridized carbons (Fsp3) is 0.333. The van der Waals surface area contributed by atoms with Crippen LogP contribution >= 0.6 is 11.3 Å². The lowest BCUT2D eigenvalue weighted by atomic mass is 10.1. The SMILES string of the molecule is N[C@@H](Cc1cscn1)C(=O)NCCCCCCNC(=O)c1cccc(NC(=O)c2ccc(CN(C(=O)c3ccc4c(c3)OCC(=O)N4)C3CC3)cc2)c1. The van der Waals surface area contributed by atoms with Crippen LogP contribution in [0, 0.1) is 0 Å². The number of nitrogens with zero attached hydrogens (tertiary/aromatic N) is 2. The number of hydrogen-bond acceptors (Lipinski definition) is 9. The predicted molar refractivity (Wildman–Crippen MR) is 202 cm³/mol. The van der Waals surface area contributed by atoms with Crippen molar-refractivity contribution in [3.63, 3.8) is 0 Å². The van der Waals surface area contributed by atoms with Gasteiger partial charge in [0.15, 0.2) is 6.61 Å². The topological polar surface area (TPSA) is 185 Å². The van der Waals surface area contributed by atoms with Crippen LogP contribution in [0.2, 0.25) is 0 Å². The summed E-state index contributed by atoms with van der Waals surface area (Å²) in [4.78, 5) is 69.2. The van der Waals surface area contributed by atoms with E-state index in [1.54, 1.807) is 60.1 Å². The number of rotatable bonds is 17. The zero-order chi connectivity index (χ0) is 37.2. The maximum atomic E-state index is 13.5. The average molecular weight is 738 g/mol. The van der Waals surface area contributed by atoms with Crippen molar-refractivity contribution in [2.45, 2.75) is 63.6 Å². The van der Waals surface area contributed by atoms with Gasteiger partial charge in [0.2, 0.25) is 5.91 Å². The van der Waals surface area contributed by atoms with Gasteiger partial charge in [-0.2, -0.15) is 0 Å². The van der Waals surface area contributed by atoms with Crippen LogP contribution < -0.4 is 31.7 Å². The molecule has 1 aliphatic heterocycles. The Morgan fingerprint density at radius 1 is 0.906 bits per heavy atom. The first kappa shape index (κ1) is 37.2. The van der Waals surface area contributed by atoms with Gasteiger partial charge >= 0.3 is 0 Å². The number of carbonyl (C=O) groups is 5. The second-order valence-corrected chi connectivity index (χ2v) is 13.9. The number of benzene rings is 3. The molecule has 1 aliphatic carbocycles. The van der Waals surface area contributed by atoms with E-state index in [0.717, 1.165) is 49.8 Å². The molecule has 1 fully saturated rings. The highest BCUT2D eigenvalue weighted by atomic mass is 32.1. The zero-order valence-corrected chi connectivity index (χ0v) is 30.1. The number of anilines is 2. The number of fused-ring (bicyclic) bond motifs is 1. The molecule has 2 aliphatic rings. The number of ether oxygens (including phenoxy) is 1. The van der Waals surface area contributed by atoms with E-state index in [9.17, 15) is 24.0 Å². The van der Waals surface area contributed by atoms with Gasteiger partial charge in [-0.05, 0) is 79.8 Å². The van der Waals surface area contributed by atoms with Gasteiger partial charge in [-0.15, -0.1) is 11.3 Å². The number of carbonyl (C=O) groups excluding carboxylic acids is 5. The summed E-state index contributed by atoms with van der Waals surface area (Å²) in [5.41, 5.74) is 11.8. The first-order valence-corrected chi connectivity index (χ1v) is 18.7. The van der Waals surface area contributed by atoms with Gasteiger partial charge in [-0.3, -0.25) is 24.0 Å². The van der Waals surface area contributed by atoms with Crippen LogP contribution in [0.3, 0.4) is 0 Å². The summed E-state index contributed by atoms with van der Waals surface area (Å²) >= 11 is 1.48. The Hall–Kier alpha value is -5.60. The van der Waals surface area contributed by atoms with Crippen LogP contribution in [0.4, 0.5) is 11.4 Å². The van der Waals surface area contributed by atoms with E-state index in [1.165, 1.54) is 11.3 Å². The van der Waals surface area contributed by atoms with E-state index < -0.39 is 6.04 Å². The monoisotopic (exact) mass is 737 g/mol. The third-order valence-electron chi connectivity index (χ3n) is 9.00. The van der Waals surface area contributed by atoms with E-state index in [4.69, 9.17) is 10.5 Å². The molecule has 0 radical (unpaired) electrons. The highest BCUT2D eigenvalue weighted by molar-refractivity contribution is 7.07. The standard InChI is InChI=1S/C39H43N7O6S/c40-32(20-30-23-53-24-43-30)38(50)42-17-4-2-1-3-16-41-36(48)27-6-5-7-29(18-27)44-37(49)26-10-8-25(9-11-26)21-46(31-13-14-31)39(51)28-12-15-33-34(19-28)52-22-35(47)45-33/h5-12,15,18-19,23-24,31-32H,1-4,13-14,16-17,20-22,40H2,(H,41,48)(H,42,50)(H,44,49)(H,45,47)/t32-/m0/s1. The Kier molecular flexibility index (Phi) is 12.4. The lowest BCUT2D eigenvalue weighted by molar-refractivity contribution is -0.122. The quantitative estimate of drug-likeness (QED) is 0.0981. The smallest absolute Gasteiger partial charge is 0.262 e. The molecule has 0 saturated heterocycles. The molecular weight excluding hydrogens is 695 g/mol. The van der Waals surface area contributed by atoms with E-state index >= 15 is 0 Å². The number of nitrogens with one attached hydrogen (secondary N) is 4. The molecule has 5 amide bonds. The molecule has 1 atom stereocenters. The molecule has 4 aromatic rings. The van der Waals surface area contributed by atoms with Gasteiger partial charge in [0, 0.05) is 59.9 Å². The Morgan fingerprint density at radius 3 is 2.40 bits per heavy atom. The molecule has 0 unspecified atom stereocenters. The highest BCUT2D eigenvalue weighted by Crippen LogP contribution is 2.33. The third-order valence-corrected chi connectivity index (χ3v) is 9.63. The van der Waals surface area contributed by atoms with Crippen LogP contribution in [0.25, 0.3) is 0 Å². The number of unbranched alkanes of at least 4 members (excludes halogenated alkanes) is 3. The van der Waals surface area contributed by atoms with E-state index in [1.807, 2.05) is 22.4 Å². The molecule has 1 aromatic heterocycles. The Labute approximate surface area is 311 Å². The largest absolute Gasteiger partial charge is 0.482 e. The number of amides is 5. The van der Waals surface area contributed by atoms with Crippen LogP contribution in [0.1, 0.15) is 80.9 Å². The van der Waals surface area contributed by atoms with Crippen molar-refractivity contribution in [3.8, 4) is 5.75 Å². The molecule has 0 bridgehead atoms. The summed E-state index contributed by atoms with van der Waals surface area (Å²) in [5, 5.41) is 13.3. The van der Waals surface area contributed by atoms with Crippen LogP contribution in [-0.2, 0) is 22.6 Å². The van der Waals surface area contributed by atoms with Crippen molar-refractivity contribution in [2.24, 2.45) is 5.73 Å². The van der Waals surface area contributed by atoms with Crippen LogP contribution in [0.15, 0.2) is 77.6 Å². The number of nitrogens with two attached hydrogens (primary N) is 1. The molecule has 1 saturated carbocycles. The van der Waals surface area contributed by atoms with Gasteiger partial charge < -0.3 is 36.6 Å². The van der Waals surface area contributed by atoms with Gasteiger partial charge in [0.05, 0.1) is 22.9 Å². The van der Waals surface area contributed by atoms with Gasteiger partial charge in [-0.1, -0.05) is 31.0 Å². The minimum Gasteiger partial charge on any atom is -0.482 e. The molecule has 6 N–H and O–H groups in total. The maximum absolute atomic E-state index is 13.5. The van der Waals surface area contributed by atoms with Gasteiger partial charge in [0.1, 0.15) is 5.75 Å². The molecule has 13 nitrogen and oxygen atoms in total. The summed E-state index contributed by atoms with van der Waals surface area (Å²) in [7, 11) is 0. The predicted octanol–water partition coefficient (Wildman–Crippen LogP) is 4.51. The molecule has 276 valence electrons. The summed E-state index contributed by atoms with van der Waals surface area (Å²) in [6.45, 7) is 1.36.